The third-order valence-corrected chi connectivity index (χ3v) is 10.1. The largest absolute Gasteiger partial charge is 0.396 e. The molecule has 4 heterocycles. The number of fused-ring (bicyclic) bond motifs is 2. The van der Waals surface area contributed by atoms with Crippen LogP contribution in [0.4, 0.5) is 11.4 Å². The molecule has 232 valence electrons. The van der Waals surface area contributed by atoms with Crippen LogP contribution in [0.25, 0.3) is 0 Å². The van der Waals surface area contributed by atoms with Gasteiger partial charge in [-0.15, -0.1) is 0 Å². The van der Waals surface area contributed by atoms with Gasteiger partial charge >= 0.3 is 0 Å². The van der Waals surface area contributed by atoms with Crippen LogP contribution in [0.1, 0.15) is 44.6 Å². The molecule has 0 aromatic heterocycles. The number of hydrogen-bond acceptors (Lipinski definition) is 5. The number of anilines is 2. The van der Waals surface area contributed by atoms with Crippen molar-refractivity contribution in [1.82, 2.24) is 4.90 Å². The zero-order valence-electron chi connectivity index (χ0n) is 25.3. The summed E-state index contributed by atoms with van der Waals surface area (Å²) in [5.74, 6) is -2.36. The minimum atomic E-state index is -1.33. The number of carbonyl (C=O) groups excluding carboxylic acids is 3. The number of amides is 3. The molecule has 1 spiro atoms. The zero-order valence-corrected chi connectivity index (χ0v) is 26.1. The number of halogens is 1. The minimum absolute atomic E-state index is 0.119. The number of benzene rings is 2. The topological polar surface area (TPSA) is 90.4 Å². The maximum Gasteiger partial charge on any atom is 0.253 e. The molecule has 2 fully saturated rings. The fraction of sp³-hybridized carbons (Fsp3) is 0.457. The van der Waals surface area contributed by atoms with Gasteiger partial charge in [0.15, 0.2) is 0 Å². The number of aliphatic hydroxyl groups excluding tert-OH is 1. The maximum atomic E-state index is 14.8. The fourth-order valence-electron chi connectivity index (χ4n) is 7.75. The first-order chi connectivity index (χ1) is 21.3. The van der Waals surface area contributed by atoms with Crippen molar-refractivity contribution in [2.24, 2.45) is 11.8 Å². The van der Waals surface area contributed by atoms with E-state index in [1.165, 1.54) is 0 Å². The molecule has 3 amide bonds. The first-order valence-electron chi connectivity index (χ1n) is 15.7. The van der Waals surface area contributed by atoms with Gasteiger partial charge in [-0.25, -0.2) is 0 Å². The van der Waals surface area contributed by atoms with E-state index in [-0.39, 0.29) is 30.9 Å². The second-order valence-electron chi connectivity index (χ2n) is 12.2. The molecule has 2 saturated heterocycles. The number of likely N-dealkylation sites (tertiary alicyclic amines) is 1. The van der Waals surface area contributed by atoms with Crippen molar-refractivity contribution >= 4 is 40.7 Å². The number of aryl methyl sites for hydroxylation is 1. The number of rotatable bonds is 9. The molecule has 0 aliphatic carbocycles. The lowest BCUT2D eigenvalue weighted by molar-refractivity contribution is -0.145. The molecular formula is C35H40ClN3O5. The number of unbranched alkanes of at least 4 members (excludes halogenated alkanes) is 3. The van der Waals surface area contributed by atoms with E-state index in [0.717, 1.165) is 24.1 Å². The molecule has 5 atom stereocenters. The van der Waals surface area contributed by atoms with Gasteiger partial charge in [0.2, 0.25) is 11.8 Å². The van der Waals surface area contributed by atoms with Crippen LogP contribution < -0.4 is 9.80 Å². The summed E-state index contributed by atoms with van der Waals surface area (Å²) in [6.45, 7) is 4.99. The Hall–Kier alpha value is -3.46. The highest BCUT2D eigenvalue weighted by Crippen LogP contribution is 2.59. The van der Waals surface area contributed by atoms with Crippen molar-refractivity contribution in [3.8, 4) is 0 Å². The van der Waals surface area contributed by atoms with E-state index >= 15 is 0 Å². The Labute approximate surface area is 263 Å². The van der Waals surface area contributed by atoms with Crippen LogP contribution in [0.15, 0.2) is 72.8 Å². The van der Waals surface area contributed by atoms with Crippen LogP contribution in [-0.4, -0.2) is 71.2 Å². The summed E-state index contributed by atoms with van der Waals surface area (Å²) in [4.78, 5) is 49.2. The summed E-state index contributed by atoms with van der Waals surface area (Å²) in [7, 11) is 0. The Morgan fingerprint density at radius 2 is 1.59 bits per heavy atom. The first-order valence-corrected chi connectivity index (χ1v) is 16.1. The molecule has 2 aromatic carbocycles. The number of ether oxygens (including phenoxy) is 1. The number of carbonyl (C=O) groups is 3. The Morgan fingerprint density at radius 3 is 2.32 bits per heavy atom. The normalized spacial score (nSPS) is 29.5. The quantitative estimate of drug-likeness (QED) is 0.314. The summed E-state index contributed by atoms with van der Waals surface area (Å²) < 4.78 is 7.10. The molecule has 1 unspecified atom stereocenters. The predicted octanol–water partition coefficient (Wildman–Crippen LogP) is 5.07. The van der Waals surface area contributed by atoms with E-state index in [4.69, 9.17) is 16.3 Å². The maximum absolute atomic E-state index is 14.8. The Balaban J connectivity index is 1.46. The predicted molar refractivity (Wildman–Crippen MR) is 170 cm³/mol. The van der Waals surface area contributed by atoms with E-state index in [1.807, 2.05) is 80.6 Å². The summed E-state index contributed by atoms with van der Waals surface area (Å²) >= 11 is 6.68. The lowest BCUT2D eigenvalue weighted by atomic mass is 9.73. The molecule has 0 saturated carbocycles. The Morgan fingerprint density at radius 1 is 0.864 bits per heavy atom. The average molecular weight is 618 g/mol. The molecule has 0 radical (unpaired) electrons. The fourth-order valence-corrected chi connectivity index (χ4v) is 8.08. The standard InChI is InChI=1S/C35H40ClN3O5/c1-3-34-18-12-21-37(25-15-7-6-8-16-25)31(41)27(34)28-32(42)39(20-9-4-5-10-23-40)30-33(43)38(22-13-19-35(28,30)44-34)29-24(2)14-11-17-26(29)36/h6-8,11-19,27-28,30,40H,3-5,9-10,20-23H2,1-2H3/t27-,28-,30?,34+,35-/m0/s1. The lowest BCUT2D eigenvalue weighted by Crippen LogP contribution is -2.56. The van der Waals surface area contributed by atoms with Crippen LogP contribution in [0, 0.1) is 18.8 Å². The highest BCUT2D eigenvalue weighted by atomic mass is 35.5. The monoisotopic (exact) mass is 617 g/mol. The molecule has 0 bridgehead atoms. The van der Waals surface area contributed by atoms with E-state index in [2.05, 4.69) is 0 Å². The molecular weight excluding hydrogens is 578 g/mol. The van der Waals surface area contributed by atoms with Crippen molar-refractivity contribution in [3.63, 3.8) is 0 Å². The van der Waals surface area contributed by atoms with Crippen molar-refractivity contribution < 1.29 is 24.2 Å². The molecule has 44 heavy (non-hydrogen) atoms. The minimum Gasteiger partial charge on any atom is -0.396 e. The van der Waals surface area contributed by atoms with Gasteiger partial charge in [-0.05, 0) is 49.9 Å². The van der Waals surface area contributed by atoms with E-state index in [9.17, 15) is 19.5 Å². The van der Waals surface area contributed by atoms with Crippen LogP contribution in [0.2, 0.25) is 5.02 Å². The molecule has 2 aromatic rings. The number of aliphatic hydroxyl groups is 1. The van der Waals surface area contributed by atoms with Crippen molar-refractivity contribution in [3.05, 3.63) is 83.4 Å². The van der Waals surface area contributed by atoms with Gasteiger partial charge in [0.1, 0.15) is 11.6 Å². The first kappa shape index (κ1) is 30.6. The number of para-hydroxylation sites is 2. The summed E-state index contributed by atoms with van der Waals surface area (Å²) in [6, 6.07) is 14.1. The summed E-state index contributed by atoms with van der Waals surface area (Å²) in [5, 5.41) is 9.70. The zero-order chi connectivity index (χ0) is 31.1. The van der Waals surface area contributed by atoms with Crippen LogP contribution in [0.5, 0.6) is 0 Å². The van der Waals surface area contributed by atoms with Gasteiger partial charge < -0.3 is 24.5 Å². The van der Waals surface area contributed by atoms with Crippen LogP contribution in [-0.2, 0) is 19.1 Å². The highest BCUT2D eigenvalue weighted by Gasteiger charge is 2.75. The van der Waals surface area contributed by atoms with E-state index < -0.39 is 29.1 Å². The lowest BCUT2D eigenvalue weighted by Gasteiger charge is -2.38. The molecule has 4 aliphatic heterocycles. The van der Waals surface area contributed by atoms with E-state index in [0.29, 0.717) is 43.1 Å². The van der Waals surface area contributed by atoms with Gasteiger partial charge in [0, 0.05) is 31.9 Å². The van der Waals surface area contributed by atoms with Gasteiger partial charge in [0.25, 0.3) is 5.91 Å². The third kappa shape index (κ3) is 4.78. The van der Waals surface area contributed by atoms with Gasteiger partial charge in [-0.3, -0.25) is 14.4 Å². The molecule has 6 rings (SSSR count). The van der Waals surface area contributed by atoms with Crippen molar-refractivity contribution in [2.75, 3.05) is 36.0 Å². The van der Waals surface area contributed by atoms with Gasteiger partial charge in [0.05, 0.1) is 28.1 Å². The molecule has 4 aliphatic rings. The Kier molecular flexibility index (Phi) is 8.44. The SMILES string of the molecule is CC[C@@]12C=CCN(c3ccccc3)C(=O)[C@@H]1[C@H]1C(=O)N(CCCCCCO)C3C(=O)N(c4c(C)cccc4Cl)CC=C[C@@]31O2. The number of hydrogen-bond donors (Lipinski definition) is 1. The second-order valence-corrected chi connectivity index (χ2v) is 12.6. The molecule has 9 heteroatoms. The van der Waals surface area contributed by atoms with Crippen molar-refractivity contribution in [2.45, 2.75) is 63.2 Å². The average Bonchev–Trinajstić information content (AvgIpc) is 3.30. The second kappa shape index (κ2) is 12.1. The summed E-state index contributed by atoms with van der Waals surface area (Å²) in [5.41, 5.74) is -0.157. The van der Waals surface area contributed by atoms with Gasteiger partial charge in [-0.2, -0.15) is 0 Å². The molecule has 1 N–H and O–H groups in total. The van der Waals surface area contributed by atoms with E-state index in [1.54, 1.807) is 20.8 Å². The van der Waals surface area contributed by atoms with Gasteiger partial charge in [-0.1, -0.05) is 86.0 Å². The van der Waals surface area contributed by atoms with Crippen LogP contribution in [0.3, 0.4) is 0 Å². The van der Waals surface area contributed by atoms with Crippen LogP contribution >= 0.6 is 11.6 Å². The Bertz CT molecular complexity index is 1470. The smallest absolute Gasteiger partial charge is 0.253 e. The molecule has 8 nitrogen and oxygen atoms in total. The third-order valence-electron chi connectivity index (χ3n) is 9.77. The number of nitrogens with zero attached hydrogens (tertiary/aromatic N) is 3. The van der Waals surface area contributed by atoms with Crippen molar-refractivity contribution in [1.29, 1.82) is 0 Å². The summed E-state index contributed by atoms with van der Waals surface area (Å²) in [6.07, 6.45) is 11.1. The highest BCUT2D eigenvalue weighted by molar-refractivity contribution is 6.34.